The third kappa shape index (κ3) is 4.52. The topological polar surface area (TPSA) is 77.7 Å². The summed E-state index contributed by atoms with van der Waals surface area (Å²) in [6, 6.07) is 19.7. The maximum Gasteiger partial charge on any atom is 0.256 e. The molecular formula is C27H23FN4O3S. The smallest absolute Gasteiger partial charge is 0.256 e. The third-order valence-corrected chi connectivity index (χ3v) is 6.55. The highest BCUT2D eigenvalue weighted by Gasteiger charge is 2.45. The predicted molar refractivity (Wildman–Crippen MR) is 140 cm³/mol. The van der Waals surface area contributed by atoms with Gasteiger partial charge < -0.3 is 19.9 Å². The third-order valence-electron chi connectivity index (χ3n) is 6.13. The number of aromatic amines is 1. The summed E-state index contributed by atoms with van der Waals surface area (Å²) in [6.07, 6.45) is 1.71. The zero-order valence-electron chi connectivity index (χ0n) is 19.4. The van der Waals surface area contributed by atoms with Gasteiger partial charge in [-0.15, -0.1) is 0 Å². The normalized spacial score (nSPS) is 15.6. The molecule has 0 saturated carbocycles. The fourth-order valence-electron chi connectivity index (χ4n) is 4.35. The van der Waals surface area contributed by atoms with Crippen molar-refractivity contribution in [2.45, 2.75) is 19.0 Å². The van der Waals surface area contributed by atoms with Crippen LogP contribution >= 0.6 is 12.2 Å². The van der Waals surface area contributed by atoms with E-state index in [1.54, 1.807) is 41.3 Å². The van der Waals surface area contributed by atoms with Crippen LogP contribution in [-0.2, 0) is 16.1 Å². The molecule has 7 nitrogen and oxygen atoms in total. The Kier molecular flexibility index (Phi) is 6.39. The number of nitrogens with zero attached hydrogens (tertiary/aromatic N) is 2. The maximum atomic E-state index is 13.7. The number of rotatable bonds is 7. The SMILES string of the molecule is COc1ccccc1N1C(=O)C(CC(=O)Nc2ccc3cc[nH]c3c2)N(Cc2ccc(F)cc2)C1=S. The minimum atomic E-state index is -0.846. The van der Waals surface area contributed by atoms with Crippen LogP contribution in [0, 0.1) is 5.82 Å². The predicted octanol–water partition coefficient (Wildman–Crippen LogP) is 4.85. The number of thiocarbonyl (C=S) groups is 1. The molecule has 1 aliphatic rings. The molecule has 0 spiro atoms. The summed E-state index contributed by atoms with van der Waals surface area (Å²) in [6.45, 7) is 0.239. The number of amides is 2. The van der Waals surface area contributed by atoms with E-state index in [2.05, 4.69) is 10.3 Å². The van der Waals surface area contributed by atoms with E-state index in [-0.39, 0.29) is 35.7 Å². The summed E-state index contributed by atoms with van der Waals surface area (Å²) in [5.41, 5.74) is 2.77. The number of hydrogen-bond donors (Lipinski definition) is 2. The Labute approximate surface area is 212 Å². The van der Waals surface area contributed by atoms with E-state index in [9.17, 15) is 14.0 Å². The number of hydrogen-bond acceptors (Lipinski definition) is 4. The first-order chi connectivity index (χ1) is 17.4. The Bertz CT molecular complexity index is 1450. The molecule has 2 heterocycles. The Balaban J connectivity index is 1.43. The van der Waals surface area contributed by atoms with E-state index in [1.165, 1.54) is 24.1 Å². The van der Waals surface area contributed by atoms with Crippen molar-refractivity contribution in [3.8, 4) is 5.75 Å². The number of ether oxygens (including phenoxy) is 1. The van der Waals surface area contributed by atoms with Crippen molar-refractivity contribution >= 4 is 51.4 Å². The summed E-state index contributed by atoms with van der Waals surface area (Å²) in [5, 5.41) is 4.16. The Morgan fingerprint density at radius 2 is 1.89 bits per heavy atom. The highest BCUT2D eigenvalue weighted by atomic mass is 32.1. The first kappa shape index (κ1) is 23.5. The summed E-state index contributed by atoms with van der Waals surface area (Å²) >= 11 is 5.72. The van der Waals surface area contributed by atoms with Crippen molar-refractivity contribution < 1.29 is 18.7 Å². The first-order valence-corrected chi connectivity index (χ1v) is 11.7. The van der Waals surface area contributed by atoms with Crippen LogP contribution in [0.1, 0.15) is 12.0 Å². The van der Waals surface area contributed by atoms with E-state index in [1.807, 2.05) is 30.5 Å². The van der Waals surface area contributed by atoms with Gasteiger partial charge in [-0.3, -0.25) is 14.5 Å². The molecule has 2 N–H and O–H groups in total. The minimum absolute atomic E-state index is 0.116. The molecule has 2 amide bonds. The van der Waals surface area contributed by atoms with Crippen molar-refractivity contribution in [3.05, 3.63) is 90.4 Å². The van der Waals surface area contributed by atoms with Crippen molar-refractivity contribution in [1.29, 1.82) is 0 Å². The molecule has 3 aromatic carbocycles. The van der Waals surface area contributed by atoms with Crippen molar-refractivity contribution in [2.75, 3.05) is 17.3 Å². The van der Waals surface area contributed by atoms with Crippen molar-refractivity contribution in [1.82, 2.24) is 9.88 Å². The van der Waals surface area contributed by atoms with Gasteiger partial charge in [-0.1, -0.05) is 30.3 Å². The lowest BCUT2D eigenvalue weighted by Crippen LogP contribution is -2.37. The maximum absolute atomic E-state index is 13.7. The van der Waals surface area contributed by atoms with E-state index in [0.29, 0.717) is 17.1 Å². The molecule has 0 aliphatic carbocycles. The van der Waals surface area contributed by atoms with Gasteiger partial charge in [0.05, 0.1) is 19.2 Å². The van der Waals surface area contributed by atoms with E-state index in [0.717, 1.165) is 16.5 Å². The number of aromatic nitrogens is 1. The number of benzene rings is 3. The zero-order chi connectivity index (χ0) is 25.2. The molecule has 1 atom stereocenters. The minimum Gasteiger partial charge on any atom is -0.495 e. The molecule has 4 aromatic rings. The highest BCUT2D eigenvalue weighted by Crippen LogP contribution is 2.34. The van der Waals surface area contributed by atoms with E-state index >= 15 is 0 Å². The fourth-order valence-corrected chi connectivity index (χ4v) is 4.73. The van der Waals surface area contributed by atoms with Crippen LogP contribution in [0.3, 0.4) is 0 Å². The van der Waals surface area contributed by atoms with Gasteiger partial charge in [-0.25, -0.2) is 4.39 Å². The number of halogens is 1. The average molecular weight is 503 g/mol. The second-order valence-electron chi connectivity index (χ2n) is 8.43. The van der Waals surface area contributed by atoms with Crippen LogP contribution in [0.25, 0.3) is 10.9 Å². The summed E-state index contributed by atoms with van der Waals surface area (Å²) in [7, 11) is 1.52. The Morgan fingerprint density at radius 3 is 2.67 bits per heavy atom. The quantitative estimate of drug-likeness (QED) is 0.354. The first-order valence-electron chi connectivity index (χ1n) is 11.3. The lowest BCUT2D eigenvalue weighted by molar-refractivity contribution is -0.124. The molecule has 1 fully saturated rings. The number of fused-ring (bicyclic) bond motifs is 1. The van der Waals surface area contributed by atoms with Gasteiger partial charge in [0.2, 0.25) is 5.91 Å². The number of carbonyl (C=O) groups excluding carboxylic acids is 2. The summed E-state index contributed by atoms with van der Waals surface area (Å²) in [5.74, 6) is -0.529. The highest BCUT2D eigenvalue weighted by molar-refractivity contribution is 7.80. The van der Waals surface area contributed by atoms with Crippen molar-refractivity contribution in [2.24, 2.45) is 0 Å². The van der Waals surface area contributed by atoms with Gasteiger partial charge in [0.1, 0.15) is 17.6 Å². The second-order valence-corrected chi connectivity index (χ2v) is 8.80. The summed E-state index contributed by atoms with van der Waals surface area (Å²) < 4.78 is 18.9. The molecule has 9 heteroatoms. The second kappa shape index (κ2) is 9.79. The molecule has 0 radical (unpaired) electrons. The Hall–Kier alpha value is -4.24. The molecule has 1 aromatic heterocycles. The van der Waals surface area contributed by atoms with Gasteiger partial charge in [-0.2, -0.15) is 0 Å². The number of methoxy groups -OCH3 is 1. The Morgan fingerprint density at radius 1 is 1.11 bits per heavy atom. The molecule has 182 valence electrons. The molecule has 5 rings (SSSR count). The van der Waals surface area contributed by atoms with E-state index in [4.69, 9.17) is 17.0 Å². The fraction of sp³-hybridized carbons (Fsp3) is 0.148. The number of nitrogens with one attached hydrogen (secondary N) is 2. The molecular weight excluding hydrogens is 479 g/mol. The van der Waals surface area contributed by atoms with Gasteiger partial charge in [0, 0.05) is 23.9 Å². The standard InChI is InChI=1S/C27H23FN4O3S/c1-35-24-5-3-2-4-22(24)32-26(34)23(31(27(32)36)16-17-6-9-19(28)10-7-17)15-25(33)30-20-11-8-18-12-13-29-21(18)14-20/h2-14,23,29H,15-16H2,1H3,(H,30,33). The molecule has 1 aliphatic heterocycles. The molecule has 0 bridgehead atoms. The van der Waals surface area contributed by atoms with E-state index < -0.39 is 6.04 Å². The van der Waals surface area contributed by atoms with Crippen LogP contribution in [0.15, 0.2) is 79.0 Å². The lowest BCUT2D eigenvalue weighted by atomic mass is 10.1. The van der Waals surface area contributed by atoms with Gasteiger partial charge in [0.15, 0.2) is 5.11 Å². The lowest BCUT2D eigenvalue weighted by Gasteiger charge is -2.24. The van der Waals surface area contributed by atoms with Crippen molar-refractivity contribution in [3.63, 3.8) is 0 Å². The number of H-pyrrole nitrogens is 1. The molecule has 1 unspecified atom stereocenters. The van der Waals surface area contributed by atoms with Crippen LogP contribution < -0.4 is 15.0 Å². The van der Waals surface area contributed by atoms with Crippen LogP contribution in [-0.4, -0.2) is 40.0 Å². The molecule has 36 heavy (non-hydrogen) atoms. The van der Waals surface area contributed by atoms with Crippen LogP contribution in [0.5, 0.6) is 5.75 Å². The monoisotopic (exact) mass is 502 g/mol. The van der Waals surface area contributed by atoms with Crippen LogP contribution in [0.4, 0.5) is 15.8 Å². The number of carbonyl (C=O) groups is 2. The number of anilines is 2. The molecule has 1 saturated heterocycles. The van der Waals surface area contributed by atoms with Gasteiger partial charge >= 0.3 is 0 Å². The largest absolute Gasteiger partial charge is 0.495 e. The van der Waals surface area contributed by atoms with Gasteiger partial charge in [-0.05, 0) is 65.6 Å². The average Bonchev–Trinajstić information content (AvgIpc) is 3.43. The van der Waals surface area contributed by atoms with Gasteiger partial charge in [0.25, 0.3) is 5.91 Å². The zero-order valence-corrected chi connectivity index (χ0v) is 20.2. The summed E-state index contributed by atoms with van der Waals surface area (Å²) in [4.78, 5) is 33.0. The van der Waals surface area contributed by atoms with Crippen LogP contribution in [0.2, 0.25) is 0 Å². The number of para-hydroxylation sites is 2.